The average molecular weight is 490 g/mol. The zero-order valence-corrected chi connectivity index (χ0v) is 20.7. The predicted molar refractivity (Wildman–Crippen MR) is 137 cm³/mol. The van der Waals surface area contributed by atoms with Crippen molar-refractivity contribution in [2.45, 2.75) is 45.3 Å². The van der Waals surface area contributed by atoms with E-state index in [1.807, 2.05) is 51.1 Å². The Labute approximate surface area is 210 Å². The van der Waals surface area contributed by atoms with E-state index < -0.39 is 5.60 Å². The van der Waals surface area contributed by atoms with E-state index in [1.165, 1.54) is 6.33 Å². The summed E-state index contributed by atoms with van der Waals surface area (Å²) in [6.07, 6.45) is 2.66. The van der Waals surface area contributed by atoms with Gasteiger partial charge in [0.25, 0.3) is 0 Å². The van der Waals surface area contributed by atoms with Gasteiger partial charge in [0.05, 0.1) is 6.04 Å². The van der Waals surface area contributed by atoms with Gasteiger partial charge in [0.1, 0.15) is 40.6 Å². The number of amides is 1. The van der Waals surface area contributed by atoms with Gasteiger partial charge in [-0.2, -0.15) is 0 Å². The summed E-state index contributed by atoms with van der Waals surface area (Å²) in [6.45, 7) is 6.55. The lowest BCUT2D eigenvalue weighted by Gasteiger charge is -2.29. The molecule has 1 aliphatic rings. The summed E-state index contributed by atoms with van der Waals surface area (Å²) in [5.74, 6) is 1.41. The quantitative estimate of drug-likeness (QED) is 0.450. The topological polar surface area (TPSA) is 120 Å². The van der Waals surface area contributed by atoms with Crippen LogP contribution in [0.25, 0.3) is 0 Å². The summed E-state index contributed by atoms with van der Waals surface area (Å²) < 4.78 is 11.3. The Balaban J connectivity index is 1.46. The van der Waals surface area contributed by atoms with Crippen molar-refractivity contribution in [3.05, 3.63) is 72.1 Å². The van der Waals surface area contributed by atoms with Gasteiger partial charge in [-0.1, -0.05) is 18.2 Å². The minimum Gasteiger partial charge on any atom is -0.457 e. The van der Waals surface area contributed by atoms with Crippen LogP contribution in [0.2, 0.25) is 0 Å². The second-order valence-electron chi connectivity index (χ2n) is 9.60. The third-order valence-corrected chi connectivity index (χ3v) is 5.71. The van der Waals surface area contributed by atoms with Gasteiger partial charge < -0.3 is 25.4 Å². The molecule has 1 atom stereocenters. The second-order valence-corrected chi connectivity index (χ2v) is 9.60. The number of ketones is 1. The second kappa shape index (κ2) is 10.6. The van der Waals surface area contributed by atoms with E-state index >= 15 is 0 Å². The summed E-state index contributed by atoms with van der Waals surface area (Å²) in [4.78, 5) is 36.0. The van der Waals surface area contributed by atoms with E-state index in [9.17, 15) is 9.59 Å². The normalized spacial score (nSPS) is 15.4. The third-order valence-electron chi connectivity index (χ3n) is 5.71. The molecule has 36 heavy (non-hydrogen) atoms. The molecular formula is C27H31N5O4. The summed E-state index contributed by atoms with van der Waals surface area (Å²) >= 11 is 0. The minimum atomic E-state index is -0.569. The molecule has 0 saturated carbocycles. The number of hydrogen-bond acceptors (Lipinski definition) is 8. The number of likely N-dealkylation sites (tertiary alicyclic amines) is 1. The van der Waals surface area contributed by atoms with Crippen molar-refractivity contribution in [2.24, 2.45) is 0 Å². The smallest absolute Gasteiger partial charge is 0.410 e. The van der Waals surface area contributed by atoms with E-state index in [1.54, 1.807) is 29.2 Å². The Morgan fingerprint density at radius 2 is 1.75 bits per heavy atom. The molecule has 188 valence electrons. The number of anilines is 2. The Kier molecular flexibility index (Phi) is 7.38. The van der Waals surface area contributed by atoms with Gasteiger partial charge in [0.15, 0.2) is 5.78 Å². The maximum atomic E-state index is 13.4. The van der Waals surface area contributed by atoms with Crippen LogP contribution in [0, 0.1) is 0 Å². The molecule has 2 aromatic carbocycles. The molecule has 2 heterocycles. The Bertz CT molecular complexity index is 1210. The highest BCUT2D eigenvalue weighted by atomic mass is 16.6. The number of nitrogens with one attached hydrogen (secondary N) is 1. The molecule has 0 bridgehead atoms. The molecule has 9 nitrogen and oxygen atoms in total. The first-order chi connectivity index (χ1) is 17.2. The van der Waals surface area contributed by atoms with E-state index in [2.05, 4.69) is 15.3 Å². The molecule has 1 aliphatic heterocycles. The van der Waals surface area contributed by atoms with Crippen molar-refractivity contribution in [3.63, 3.8) is 0 Å². The lowest BCUT2D eigenvalue weighted by molar-refractivity contribution is 0.0235. The van der Waals surface area contributed by atoms with E-state index in [0.717, 1.165) is 12.8 Å². The molecule has 0 radical (unpaired) electrons. The van der Waals surface area contributed by atoms with Gasteiger partial charge >= 0.3 is 6.09 Å². The highest BCUT2D eigenvalue weighted by molar-refractivity contribution is 6.14. The van der Waals surface area contributed by atoms with Gasteiger partial charge in [0, 0.05) is 18.7 Å². The fraction of sp³-hybridized carbons (Fsp3) is 0.333. The number of ether oxygens (including phenoxy) is 2. The van der Waals surface area contributed by atoms with E-state index in [4.69, 9.17) is 15.2 Å². The summed E-state index contributed by atoms with van der Waals surface area (Å²) in [5, 5.41) is 3.21. The number of carbonyl (C=O) groups excluding carboxylic acids is 2. The fourth-order valence-electron chi connectivity index (χ4n) is 4.02. The van der Waals surface area contributed by atoms with Gasteiger partial charge in [-0.25, -0.2) is 14.8 Å². The van der Waals surface area contributed by atoms with Crippen molar-refractivity contribution < 1.29 is 19.1 Å². The van der Waals surface area contributed by atoms with Gasteiger partial charge in [-0.3, -0.25) is 4.79 Å². The molecule has 0 spiro atoms. The van der Waals surface area contributed by atoms with Crippen LogP contribution in [-0.4, -0.2) is 51.5 Å². The fourth-order valence-corrected chi connectivity index (χ4v) is 4.02. The Hall–Kier alpha value is -4.14. The SMILES string of the molecule is CC(C)(C)OC(=O)N1CCC[C@@H]1CNc1ncnc(N)c1C(=O)c1ccc(Oc2ccccc2)cc1. The maximum absolute atomic E-state index is 13.4. The average Bonchev–Trinajstić information content (AvgIpc) is 3.31. The van der Waals surface area contributed by atoms with Gasteiger partial charge in [0.2, 0.25) is 0 Å². The van der Waals surface area contributed by atoms with Crippen molar-refractivity contribution >= 4 is 23.5 Å². The predicted octanol–water partition coefficient (Wildman–Crippen LogP) is 4.89. The van der Waals surface area contributed by atoms with Gasteiger partial charge in [-0.05, 0) is 70.0 Å². The van der Waals surface area contributed by atoms with Crippen LogP contribution in [0.15, 0.2) is 60.9 Å². The van der Waals surface area contributed by atoms with Crippen molar-refractivity contribution in [1.29, 1.82) is 0 Å². The first-order valence-corrected chi connectivity index (χ1v) is 11.9. The molecule has 0 unspecified atom stereocenters. The molecule has 1 amide bonds. The minimum absolute atomic E-state index is 0.0810. The maximum Gasteiger partial charge on any atom is 0.410 e. The van der Waals surface area contributed by atoms with Crippen LogP contribution < -0.4 is 15.8 Å². The zero-order chi connectivity index (χ0) is 25.7. The number of aromatic nitrogens is 2. The Morgan fingerprint density at radius 3 is 2.44 bits per heavy atom. The molecule has 1 fully saturated rings. The number of nitrogens with zero attached hydrogens (tertiary/aromatic N) is 3. The first-order valence-electron chi connectivity index (χ1n) is 11.9. The summed E-state index contributed by atoms with van der Waals surface area (Å²) in [5.41, 5.74) is 6.15. The molecule has 4 rings (SSSR count). The number of para-hydroxylation sites is 1. The molecular weight excluding hydrogens is 458 g/mol. The lowest BCUT2D eigenvalue weighted by atomic mass is 10.0. The molecule has 1 saturated heterocycles. The number of rotatable bonds is 7. The van der Waals surface area contributed by atoms with Crippen LogP contribution >= 0.6 is 0 Å². The highest BCUT2D eigenvalue weighted by Gasteiger charge is 2.32. The molecule has 3 N–H and O–H groups in total. The monoisotopic (exact) mass is 489 g/mol. The lowest BCUT2D eigenvalue weighted by Crippen LogP contribution is -2.42. The third kappa shape index (κ3) is 6.10. The van der Waals surface area contributed by atoms with E-state index in [-0.39, 0.29) is 29.3 Å². The van der Waals surface area contributed by atoms with Crippen LogP contribution in [0.5, 0.6) is 11.5 Å². The van der Waals surface area contributed by atoms with Crippen molar-refractivity contribution in [3.8, 4) is 11.5 Å². The van der Waals surface area contributed by atoms with Crippen LogP contribution in [0.3, 0.4) is 0 Å². The first kappa shape index (κ1) is 25.0. The Morgan fingerprint density at radius 1 is 1.06 bits per heavy atom. The number of hydrogen-bond donors (Lipinski definition) is 2. The molecule has 0 aliphatic carbocycles. The largest absolute Gasteiger partial charge is 0.457 e. The number of benzene rings is 2. The zero-order valence-electron chi connectivity index (χ0n) is 20.7. The standard InChI is InChI=1S/C27H31N5O4/c1-27(2,3)36-26(34)32-15-7-8-19(32)16-29-25-22(24(28)30-17-31-25)23(33)18-11-13-21(14-12-18)35-20-9-5-4-6-10-20/h4-6,9-14,17,19H,7-8,15-16H2,1-3H3,(H3,28,29,30,31)/t19-/m1/s1. The van der Waals surface area contributed by atoms with Crippen LogP contribution in [0.4, 0.5) is 16.4 Å². The van der Waals surface area contributed by atoms with Gasteiger partial charge in [-0.15, -0.1) is 0 Å². The summed E-state index contributed by atoms with van der Waals surface area (Å²) in [6, 6.07) is 16.1. The van der Waals surface area contributed by atoms with E-state index in [0.29, 0.717) is 36.0 Å². The molecule has 9 heteroatoms. The number of nitrogens with two attached hydrogens (primary N) is 1. The van der Waals surface area contributed by atoms with Crippen molar-refractivity contribution in [2.75, 3.05) is 24.1 Å². The highest BCUT2D eigenvalue weighted by Crippen LogP contribution is 2.26. The number of carbonyl (C=O) groups is 2. The van der Waals surface area contributed by atoms with Crippen LogP contribution in [0.1, 0.15) is 49.5 Å². The van der Waals surface area contributed by atoms with Crippen LogP contribution in [-0.2, 0) is 4.74 Å². The summed E-state index contributed by atoms with van der Waals surface area (Å²) in [7, 11) is 0. The number of nitrogen functional groups attached to an aromatic ring is 1. The van der Waals surface area contributed by atoms with Crippen molar-refractivity contribution in [1.82, 2.24) is 14.9 Å². The molecule has 3 aromatic rings. The molecule has 1 aromatic heterocycles.